The number of nitrogens with one attached hydrogen (secondary N) is 1. The molecule has 5 heteroatoms. The fourth-order valence-corrected chi connectivity index (χ4v) is 1.04. The lowest BCUT2D eigenvalue weighted by Gasteiger charge is -1.98. The van der Waals surface area contributed by atoms with Crippen LogP contribution in [0, 0.1) is 11.3 Å². The topological polar surface area (TPSA) is 75.3 Å². The van der Waals surface area contributed by atoms with Crippen molar-refractivity contribution in [2.24, 2.45) is 0 Å². The Morgan fingerprint density at radius 1 is 1.67 bits per heavy atom. The highest BCUT2D eigenvalue weighted by Crippen LogP contribution is 2.08. The zero-order chi connectivity index (χ0) is 11.1. The predicted molar refractivity (Wildman–Crippen MR) is 52.0 cm³/mol. The normalized spacial score (nSPS) is 9.60. The molecule has 0 fully saturated rings. The van der Waals surface area contributed by atoms with Crippen molar-refractivity contribution in [3.63, 3.8) is 0 Å². The average Bonchev–Trinajstić information content (AvgIpc) is 2.72. The number of nitriles is 1. The van der Waals surface area contributed by atoms with Crippen molar-refractivity contribution in [1.29, 1.82) is 5.26 Å². The van der Waals surface area contributed by atoms with E-state index in [-0.39, 0.29) is 5.76 Å². The van der Waals surface area contributed by atoms with Gasteiger partial charge < -0.3 is 14.5 Å². The van der Waals surface area contributed by atoms with Gasteiger partial charge >= 0.3 is 5.97 Å². The predicted octanol–water partition coefficient (Wildman–Crippen LogP) is 1.07. The van der Waals surface area contributed by atoms with Crippen molar-refractivity contribution in [2.45, 2.75) is 13.0 Å². The Labute approximate surface area is 87.6 Å². The minimum Gasteiger partial charge on any atom is -0.463 e. The van der Waals surface area contributed by atoms with E-state index in [1.54, 1.807) is 12.1 Å². The number of carbonyl (C=O) groups is 1. The van der Waals surface area contributed by atoms with Gasteiger partial charge in [-0.2, -0.15) is 5.26 Å². The summed E-state index contributed by atoms with van der Waals surface area (Å²) in [5.41, 5.74) is 0. The van der Waals surface area contributed by atoms with Crippen molar-refractivity contribution in [3.05, 3.63) is 23.7 Å². The maximum atomic E-state index is 11.0. The van der Waals surface area contributed by atoms with Crippen molar-refractivity contribution in [2.75, 3.05) is 13.7 Å². The van der Waals surface area contributed by atoms with Crippen molar-refractivity contribution in [3.8, 4) is 6.07 Å². The lowest BCUT2D eigenvalue weighted by Crippen LogP contribution is -2.13. The second kappa shape index (κ2) is 5.83. The van der Waals surface area contributed by atoms with Gasteiger partial charge in [-0.3, -0.25) is 0 Å². The summed E-state index contributed by atoms with van der Waals surface area (Å²) in [6.45, 7) is 1.10. The number of nitrogens with zero attached hydrogens (tertiary/aromatic N) is 1. The number of carbonyl (C=O) groups excluding carboxylic acids is 1. The average molecular weight is 208 g/mol. The first-order valence-corrected chi connectivity index (χ1v) is 4.52. The van der Waals surface area contributed by atoms with E-state index in [2.05, 4.69) is 10.1 Å². The summed E-state index contributed by atoms with van der Waals surface area (Å²) in [4.78, 5) is 11.0. The standard InChI is InChI=1S/C10H12N2O3/c1-14-10(13)9-4-3-8(15-9)7-12-6-2-5-11/h3-4,12H,2,6-7H2,1H3. The lowest BCUT2D eigenvalue weighted by molar-refractivity contribution is 0.0563. The molecule has 1 rings (SSSR count). The maximum Gasteiger partial charge on any atom is 0.373 e. The molecule has 0 saturated carbocycles. The van der Waals surface area contributed by atoms with Crippen LogP contribution in [-0.2, 0) is 11.3 Å². The van der Waals surface area contributed by atoms with Gasteiger partial charge in [-0.05, 0) is 12.1 Å². The molecule has 0 bridgehead atoms. The fraction of sp³-hybridized carbons (Fsp3) is 0.400. The molecule has 80 valence electrons. The van der Waals surface area contributed by atoms with Gasteiger partial charge in [-0.1, -0.05) is 0 Å². The van der Waals surface area contributed by atoms with Crippen LogP contribution < -0.4 is 5.32 Å². The first-order chi connectivity index (χ1) is 7.27. The second-order valence-electron chi connectivity index (χ2n) is 2.84. The van der Waals surface area contributed by atoms with Gasteiger partial charge in [0.25, 0.3) is 0 Å². The monoisotopic (exact) mass is 208 g/mol. The van der Waals surface area contributed by atoms with E-state index in [9.17, 15) is 4.79 Å². The molecular formula is C10H12N2O3. The van der Waals surface area contributed by atoms with Gasteiger partial charge in [0.05, 0.1) is 19.7 Å². The van der Waals surface area contributed by atoms with Crippen LogP contribution in [0.15, 0.2) is 16.5 Å². The molecule has 1 heterocycles. The van der Waals surface area contributed by atoms with Crippen molar-refractivity contribution in [1.82, 2.24) is 5.32 Å². The molecule has 15 heavy (non-hydrogen) atoms. The number of furan rings is 1. The van der Waals surface area contributed by atoms with Crippen LogP contribution >= 0.6 is 0 Å². The highest BCUT2D eigenvalue weighted by Gasteiger charge is 2.10. The summed E-state index contributed by atoms with van der Waals surface area (Å²) >= 11 is 0. The van der Waals surface area contributed by atoms with Crippen LogP contribution in [0.2, 0.25) is 0 Å². The number of rotatable bonds is 5. The third-order valence-electron chi connectivity index (χ3n) is 1.76. The third kappa shape index (κ3) is 3.44. The van der Waals surface area contributed by atoms with Crippen LogP contribution in [0.1, 0.15) is 22.7 Å². The molecule has 5 nitrogen and oxygen atoms in total. The third-order valence-corrected chi connectivity index (χ3v) is 1.76. The van der Waals surface area contributed by atoms with Crippen LogP contribution in [0.4, 0.5) is 0 Å². The van der Waals surface area contributed by atoms with Crippen molar-refractivity contribution >= 4 is 5.97 Å². The van der Waals surface area contributed by atoms with Crippen LogP contribution in [0.25, 0.3) is 0 Å². The smallest absolute Gasteiger partial charge is 0.373 e. The molecule has 1 N–H and O–H groups in total. The number of ether oxygens (including phenoxy) is 1. The zero-order valence-electron chi connectivity index (χ0n) is 8.45. The Kier molecular flexibility index (Phi) is 4.38. The van der Waals surface area contributed by atoms with Crippen LogP contribution in [0.5, 0.6) is 0 Å². The Hall–Kier alpha value is -1.80. The van der Waals surface area contributed by atoms with Gasteiger partial charge in [-0.15, -0.1) is 0 Å². The molecule has 0 aromatic carbocycles. The van der Waals surface area contributed by atoms with Gasteiger partial charge in [0.2, 0.25) is 5.76 Å². The van der Waals surface area contributed by atoms with E-state index in [1.807, 2.05) is 6.07 Å². The largest absolute Gasteiger partial charge is 0.463 e. The van der Waals surface area contributed by atoms with E-state index >= 15 is 0 Å². The van der Waals surface area contributed by atoms with E-state index in [1.165, 1.54) is 7.11 Å². The number of hydrogen-bond donors (Lipinski definition) is 1. The van der Waals surface area contributed by atoms with Gasteiger partial charge in [-0.25, -0.2) is 4.79 Å². The highest BCUT2D eigenvalue weighted by atomic mass is 16.5. The van der Waals surface area contributed by atoms with E-state index < -0.39 is 5.97 Å². The summed E-state index contributed by atoms with van der Waals surface area (Å²) in [7, 11) is 1.30. The Balaban J connectivity index is 2.40. The molecular weight excluding hydrogens is 196 g/mol. The number of esters is 1. The van der Waals surface area contributed by atoms with E-state index in [0.717, 1.165) is 0 Å². The van der Waals surface area contributed by atoms with E-state index in [0.29, 0.717) is 25.3 Å². The zero-order valence-corrected chi connectivity index (χ0v) is 8.45. The summed E-state index contributed by atoms with van der Waals surface area (Å²) in [5.74, 6) is 0.348. The second-order valence-corrected chi connectivity index (χ2v) is 2.84. The first kappa shape index (κ1) is 11.3. The van der Waals surface area contributed by atoms with Gasteiger partial charge in [0, 0.05) is 13.0 Å². The number of hydrogen-bond acceptors (Lipinski definition) is 5. The Morgan fingerprint density at radius 3 is 3.13 bits per heavy atom. The SMILES string of the molecule is COC(=O)c1ccc(CNCCC#N)o1. The highest BCUT2D eigenvalue weighted by molar-refractivity contribution is 5.86. The Bertz CT molecular complexity index is 365. The minimum absolute atomic E-state index is 0.189. The molecule has 0 saturated heterocycles. The molecule has 0 radical (unpaired) electrons. The van der Waals surface area contributed by atoms with Crippen LogP contribution in [0.3, 0.4) is 0 Å². The molecule has 0 atom stereocenters. The minimum atomic E-state index is -0.488. The van der Waals surface area contributed by atoms with Crippen LogP contribution in [-0.4, -0.2) is 19.6 Å². The molecule has 0 aliphatic carbocycles. The molecule has 0 aliphatic rings. The van der Waals surface area contributed by atoms with Gasteiger partial charge in [0.15, 0.2) is 0 Å². The van der Waals surface area contributed by atoms with Gasteiger partial charge in [0.1, 0.15) is 5.76 Å². The molecule has 1 aromatic rings. The maximum absolute atomic E-state index is 11.0. The van der Waals surface area contributed by atoms with E-state index in [4.69, 9.17) is 9.68 Å². The summed E-state index contributed by atoms with van der Waals surface area (Å²) in [5, 5.41) is 11.3. The summed E-state index contributed by atoms with van der Waals surface area (Å²) < 4.78 is 9.69. The fourth-order valence-electron chi connectivity index (χ4n) is 1.04. The Morgan fingerprint density at radius 2 is 2.47 bits per heavy atom. The first-order valence-electron chi connectivity index (χ1n) is 4.52. The molecule has 0 amide bonds. The summed E-state index contributed by atoms with van der Waals surface area (Å²) in [6, 6.07) is 5.28. The number of methoxy groups -OCH3 is 1. The molecule has 0 unspecified atom stereocenters. The van der Waals surface area contributed by atoms with Crippen molar-refractivity contribution < 1.29 is 13.9 Å². The molecule has 1 aromatic heterocycles. The molecule has 0 aliphatic heterocycles. The summed E-state index contributed by atoms with van der Waals surface area (Å²) in [6.07, 6.45) is 0.449. The lowest BCUT2D eigenvalue weighted by atomic mass is 10.4. The molecule has 0 spiro atoms. The quantitative estimate of drug-likeness (QED) is 0.578.